The van der Waals surface area contributed by atoms with Crippen molar-refractivity contribution in [1.82, 2.24) is 20.3 Å². The van der Waals surface area contributed by atoms with Gasteiger partial charge < -0.3 is 10.0 Å². The van der Waals surface area contributed by atoms with E-state index in [1.807, 2.05) is 0 Å². The molecule has 1 heterocycles. The molecule has 0 aromatic carbocycles. The molecule has 0 atom stereocenters. The summed E-state index contributed by atoms with van der Waals surface area (Å²) in [6.45, 7) is 4.91. The molecular weight excluding hydrogens is 212 g/mol. The van der Waals surface area contributed by atoms with Crippen molar-refractivity contribution in [3.63, 3.8) is 0 Å². The first-order valence-corrected chi connectivity index (χ1v) is 4.72. The van der Waals surface area contributed by atoms with Crippen molar-refractivity contribution in [3.8, 4) is 0 Å². The van der Waals surface area contributed by atoms with Crippen LogP contribution in [0.5, 0.6) is 0 Å². The van der Waals surface area contributed by atoms with Crippen molar-refractivity contribution >= 4 is 11.9 Å². The summed E-state index contributed by atoms with van der Waals surface area (Å²) in [6, 6.07) is 0. The van der Waals surface area contributed by atoms with Crippen molar-refractivity contribution in [1.29, 1.82) is 0 Å². The van der Waals surface area contributed by atoms with Crippen LogP contribution in [0.2, 0.25) is 0 Å². The lowest BCUT2D eigenvalue weighted by molar-refractivity contribution is -0.138. The molecule has 0 aliphatic heterocycles. The largest absolute Gasteiger partial charge is 0.480 e. The number of amides is 1. The highest BCUT2D eigenvalue weighted by atomic mass is 16.4. The van der Waals surface area contributed by atoms with E-state index >= 15 is 0 Å². The van der Waals surface area contributed by atoms with Gasteiger partial charge in [0.2, 0.25) is 0 Å². The van der Waals surface area contributed by atoms with Gasteiger partial charge in [-0.1, -0.05) is 0 Å². The number of carbonyl (C=O) groups is 2. The first-order valence-electron chi connectivity index (χ1n) is 4.72. The fourth-order valence-electron chi connectivity index (χ4n) is 1.19. The van der Waals surface area contributed by atoms with Crippen LogP contribution in [0.4, 0.5) is 0 Å². The third-order valence-corrected chi connectivity index (χ3v) is 1.98. The quantitative estimate of drug-likeness (QED) is 0.763. The maximum Gasteiger partial charge on any atom is 0.323 e. The Kier molecular flexibility index (Phi) is 3.26. The number of hydrogen-bond acceptors (Lipinski definition) is 4. The number of aliphatic carboxylic acids is 1. The molecule has 1 rings (SSSR count). The normalized spacial score (nSPS) is 11.2. The second-order valence-electron chi connectivity index (χ2n) is 4.31. The summed E-state index contributed by atoms with van der Waals surface area (Å²) < 4.78 is 0. The van der Waals surface area contributed by atoms with Gasteiger partial charge in [-0.15, -0.1) is 0 Å². The fraction of sp³-hybridized carbons (Fsp3) is 0.556. The smallest absolute Gasteiger partial charge is 0.323 e. The topological polar surface area (TPSA) is 99.2 Å². The van der Waals surface area contributed by atoms with Gasteiger partial charge in [-0.2, -0.15) is 15.4 Å². The number of aromatic nitrogens is 3. The number of carboxylic acids is 1. The van der Waals surface area contributed by atoms with Gasteiger partial charge in [0.05, 0.1) is 6.20 Å². The van der Waals surface area contributed by atoms with Crippen LogP contribution >= 0.6 is 0 Å². The third kappa shape index (κ3) is 2.78. The number of nitrogens with zero attached hydrogens (tertiary/aromatic N) is 3. The molecule has 2 N–H and O–H groups in total. The number of carbonyl (C=O) groups excluding carboxylic acids is 1. The Bertz CT molecular complexity index is 380. The molecule has 16 heavy (non-hydrogen) atoms. The van der Waals surface area contributed by atoms with Crippen molar-refractivity contribution in [3.05, 3.63) is 11.9 Å². The van der Waals surface area contributed by atoms with E-state index in [1.165, 1.54) is 11.1 Å². The van der Waals surface area contributed by atoms with E-state index in [0.29, 0.717) is 0 Å². The van der Waals surface area contributed by atoms with E-state index in [0.717, 1.165) is 0 Å². The lowest BCUT2D eigenvalue weighted by atomic mass is 10.1. The Morgan fingerprint density at radius 2 is 2.12 bits per heavy atom. The van der Waals surface area contributed by atoms with Gasteiger partial charge in [0.15, 0.2) is 5.69 Å². The summed E-state index contributed by atoms with van der Waals surface area (Å²) in [5.74, 6) is -1.52. The van der Waals surface area contributed by atoms with Gasteiger partial charge in [-0.3, -0.25) is 9.59 Å². The Hall–Kier alpha value is -1.92. The zero-order valence-corrected chi connectivity index (χ0v) is 9.39. The Balaban J connectivity index is 2.94. The monoisotopic (exact) mass is 226 g/mol. The van der Waals surface area contributed by atoms with E-state index in [2.05, 4.69) is 15.4 Å². The van der Waals surface area contributed by atoms with Crippen LogP contribution in [0.3, 0.4) is 0 Å². The molecule has 0 spiro atoms. The summed E-state index contributed by atoms with van der Waals surface area (Å²) in [5.41, 5.74) is -0.481. The molecular formula is C9H14N4O3. The first kappa shape index (κ1) is 12.2. The van der Waals surface area contributed by atoms with Crippen molar-refractivity contribution in [2.75, 3.05) is 6.54 Å². The maximum atomic E-state index is 11.9. The maximum absolute atomic E-state index is 11.9. The van der Waals surface area contributed by atoms with Gasteiger partial charge >= 0.3 is 5.97 Å². The third-order valence-electron chi connectivity index (χ3n) is 1.98. The Morgan fingerprint density at radius 1 is 1.50 bits per heavy atom. The Morgan fingerprint density at radius 3 is 2.50 bits per heavy atom. The molecule has 7 heteroatoms. The molecule has 7 nitrogen and oxygen atoms in total. The zero-order valence-electron chi connectivity index (χ0n) is 9.39. The molecule has 1 amide bonds. The molecule has 0 saturated carbocycles. The number of hydrogen-bond donors (Lipinski definition) is 2. The van der Waals surface area contributed by atoms with Gasteiger partial charge in [0.1, 0.15) is 6.54 Å². The molecule has 0 saturated heterocycles. The minimum absolute atomic E-state index is 0.108. The SMILES string of the molecule is CC(C)(C)N(CC(=O)O)C(=O)c1cn[nH]n1. The molecule has 88 valence electrons. The van der Waals surface area contributed by atoms with Gasteiger partial charge in [-0.05, 0) is 20.8 Å². The predicted octanol–water partition coefficient (Wildman–Crippen LogP) is 0.130. The number of nitrogens with one attached hydrogen (secondary N) is 1. The minimum atomic E-state index is -1.06. The summed E-state index contributed by atoms with van der Waals surface area (Å²) in [5, 5.41) is 18.2. The van der Waals surface area contributed by atoms with Crippen molar-refractivity contribution < 1.29 is 14.7 Å². The molecule has 0 aliphatic carbocycles. The number of rotatable bonds is 3. The number of carboxylic acid groups (broad SMARTS) is 1. The highest BCUT2D eigenvalue weighted by Gasteiger charge is 2.30. The molecule has 0 fully saturated rings. The predicted molar refractivity (Wildman–Crippen MR) is 54.8 cm³/mol. The van der Waals surface area contributed by atoms with Crippen LogP contribution in [0.25, 0.3) is 0 Å². The molecule has 0 unspecified atom stereocenters. The van der Waals surface area contributed by atoms with Crippen molar-refractivity contribution in [2.45, 2.75) is 26.3 Å². The van der Waals surface area contributed by atoms with Crippen LogP contribution in [-0.4, -0.2) is 49.4 Å². The molecule has 0 aliphatic rings. The summed E-state index contributed by atoms with van der Waals surface area (Å²) >= 11 is 0. The van der Waals surface area contributed by atoms with Crippen LogP contribution in [0.1, 0.15) is 31.3 Å². The Labute approximate surface area is 92.4 Å². The van der Waals surface area contributed by atoms with Crippen LogP contribution in [0, 0.1) is 0 Å². The average molecular weight is 226 g/mol. The first-order chi connectivity index (χ1) is 7.32. The van der Waals surface area contributed by atoms with Gasteiger partial charge in [-0.25, -0.2) is 0 Å². The van der Waals surface area contributed by atoms with E-state index in [9.17, 15) is 9.59 Å². The fourth-order valence-corrected chi connectivity index (χ4v) is 1.19. The highest BCUT2D eigenvalue weighted by Crippen LogP contribution is 2.15. The van der Waals surface area contributed by atoms with E-state index in [4.69, 9.17) is 5.11 Å². The van der Waals surface area contributed by atoms with Crippen LogP contribution in [-0.2, 0) is 4.79 Å². The average Bonchev–Trinajstić information content (AvgIpc) is 2.63. The van der Waals surface area contributed by atoms with E-state index < -0.39 is 17.4 Å². The summed E-state index contributed by atoms with van der Waals surface area (Å²) in [4.78, 5) is 23.9. The highest BCUT2D eigenvalue weighted by molar-refractivity contribution is 5.94. The molecule has 0 radical (unpaired) electrons. The zero-order chi connectivity index (χ0) is 12.3. The van der Waals surface area contributed by atoms with Crippen LogP contribution < -0.4 is 0 Å². The standard InChI is InChI=1S/C9H14N4O3/c1-9(2,3)13(5-7(14)15)8(16)6-4-10-12-11-6/h4H,5H2,1-3H3,(H,14,15)(H,10,11,12). The molecule has 1 aromatic rings. The second kappa shape index (κ2) is 4.30. The number of H-pyrrole nitrogens is 1. The lowest BCUT2D eigenvalue weighted by Gasteiger charge is -2.33. The minimum Gasteiger partial charge on any atom is -0.480 e. The molecule has 1 aromatic heterocycles. The van der Waals surface area contributed by atoms with Crippen LogP contribution in [0.15, 0.2) is 6.20 Å². The van der Waals surface area contributed by atoms with Crippen molar-refractivity contribution in [2.24, 2.45) is 0 Å². The van der Waals surface area contributed by atoms with E-state index in [-0.39, 0.29) is 12.2 Å². The summed E-state index contributed by atoms with van der Waals surface area (Å²) in [7, 11) is 0. The lowest BCUT2D eigenvalue weighted by Crippen LogP contribution is -2.48. The number of aromatic amines is 1. The summed E-state index contributed by atoms with van der Waals surface area (Å²) in [6.07, 6.45) is 1.27. The molecule has 0 bridgehead atoms. The van der Waals surface area contributed by atoms with E-state index in [1.54, 1.807) is 20.8 Å². The second-order valence-corrected chi connectivity index (χ2v) is 4.31. The van der Waals surface area contributed by atoms with Gasteiger partial charge in [0.25, 0.3) is 5.91 Å². The van der Waals surface area contributed by atoms with Gasteiger partial charge in [0, 0.05) is 5.54 Å².